The Labute approximate surface area is 151 Å². The second-order valence-corrected chi connectivity index (χ2v) is 9.53. The first kappa shape index (κ1) is 16.1. The molecular weight excluding hydrogens is 310 g/mol. The van der Waals surface area contributed by atoms with Gasteiger partial charge in [0.2, 0.25) is 0 Å². The second-order valence-electron chi connectivity index (χ2n) is 9.53. The lowest BCUT2D eigenvalue weighted by atomic mass is 9.60. The maximum atomic E-state index is 11.1. The van der Waals surface area contributed by atoms with E-state index in [1.165, 1.54) is 50.0 Å². The molecule has 5 rings (SSSR count). The van der Waals surface area contributed by atoms with Gasteiger partial charge in [-0.3, -0.25) is 0 Å². The fourth-order valence-electron chi connectivity index (χ4n) is 6.60. The molecule has 1 aromatic rings. The zero-order valence-electron chi connectivity index (χ0n) is 15.6. The van der Waals surface area contributed by atoms with Crippen LogP contribution in [-0.2, 0) is 4.74 Å². The molecule has 3 nitrogen and oxygen atoms in total. The van der Waals surface area contributed by atoms with Gasteiger partial charge in [-0.05, 0) is 67.1 Å². The van der Waals surface area contributed by atoms with E-state index in [-0.39, 0.29) is 23.0 Å². The Morgan fingerprint density at radius 2 is 1.84 bits per heavy atom. The standard InChI is InChI=1S/C22H31NO2/c1-21(2)16-13-18-19(25-12-9-22(18,14-16)20(21)24)15-5-7-17(8-6-15)23-10-3-4-11-23/h5-8,16,18-20,24H,3-4,9-14H2,1-2H3/t16-,18-,19-,20-,22?/m1/s1. The number of anilines is 1. The molecular formula is C22H31NO2. The van der Waals surface area contributed by atoms with E-state index < -0.39 is 0 Å². The third-order valence-corrected chi connectivity index (χ3v) is 8.13. The summed E-state index contributed by atoms with van der Waals surface area (Å²) < 4.78 is 6.28. The number of rotatable bonds is 2. The Morgan fingerprint density at radius 3 is 2.52 bits per heavy atom. The zero-order chi connectivity index (χ0) is 17.2. The van der Waals surface area contributed by atoms with Gasteiger partial charge in [0.25, 0.3) is 0 Å². The summed E-state index contributed by atoms with van der Waals surface area (Å²) in [6.07, 6.45) is 6.04. The van der Waals surface area contributed by atoms with Crippen LogP contribution in [0.3, 0.4) is 0 Å². The molecule has 2 saturated carbocycles. The highest BCUT2D eigenvalue weighted by molar-refractivity contribution is 5.48. The summed E-state index contributed by atoms with van der Waals surface area (Å²) in [4.78, 5) is 2.48. The van der Waals surface area contributed by atoms with Gasteiger partial charge in [0, 0.05) is 30.8 Å². The van der Waals surface area contributed by atoms with Crippen LogP contribution in [0, 0.1) is 22.7 Å². The maximum Gasteiger partial charge on any atom is 0.0859 e. The number of nitrogens with zero attached hydrogens (tertiary/aromatic N) is 1. The number of benzene rings is 1. The van der Waals surface area contributed by atoms with Gasteiger partial charge in [-0.2, -0.15) is 0 Å². The largest absolute Gasteiger partial charge is 0.392 e. The van der Waals surface area contributed by atoms with Crippen LogP contribution in [0.1, 0.15) is 57.6 Å². The summed E-state index contributed by atoms with van der Waals surface area (Å²) in [6, 6.07) is 9.11. The first-order chi connectivity index (χ1) is 12.0. The normalized spacial score (nSPS) is 42.0. The molecule has 0 amide bonds. The molecule has 4 aliphatic rings. The van der Waals surface area contributed by atoms with Crippen molar-refractivity contribution in [3.8, 4) is 0 Å². The van der Waals surface area contributed by atoms with E-state index in [1.807, 2.05) is 0 Å². The van der Waals surface area contributed by atoms with Gasteiger partial charge >= 0.3 is 0 Å². The summed E-state index contributed by atoms with van der Waals surface area (Å²) in [5, 5.41) is 11.1. The molecule has 1 aromatic carbocycles. The topological polar surface area (TPSA) is 32.7 Å². The van der Waals surface area contributed by atoms with Crippen molar-refractivity contribution in [3.05, 3.63) is 29.8 Å². The van der Waals surface area contributed by atoms with Crippen molar-refractivity contribution >= 4 is 5.69 Å². The molecule has 1 N–H and O–H groups in total. The van der Waals surface area contributed by atoms with Crippen LogP contribution in [0.15, 0.2) is 24.3 Å². The van der Waals surface area contributed by atoms with Gasteiger partial charge in [0.05, 0.1) is 12.2 Å². The fourth-order valence-corrected chi connectivity index (χ4v) is 6.60. The Balaban J connectivity index is 1.42. The summed E-state index contributed by atoms with van der Waals surface area (Å²) in [6.45, 7) is 7.70. The van der Waals surface area contributed by atoms with Gasteiger partial charge in [0.1, 0.15) is 0 Å². The van der Waals surface area contributed by atoms with E-state index in [9.17, 15) is 5.11 Å². The Kier molecular flexibility index (Phi) is 3.53. The van der Waals surface area contributed by atoms with Crippen LogP contribution in [-0.4, -0.2) is 30.9 Å². The monoisotopic (exact) mass is 341 g/mol. The molecule has 136 valence electrons. The molecule has 2 aliphatic carbocycles. The number of ether oxygens (including phenoxy) is 1. The van der Waals surface area contributed by atoms with Crippen molar-refractivity contribution < 1.29 is 9.84 Å². The molecule has 2 bridgehead atoms. The minimum atomic E-state index is -0.181. The lowest BCUT2D eigenvalue weighted by Gasteiger charge is -2.51. The zero-order valence-corrected chi connectivity index (χ0v) is 15.6. The van der Waals surface area contributed by atoms with E-state index in [1.54, 1.807) is 0 Å². The highest BCUT2D eigenvalue weighted by Gasteiger charge is 2.67. The maximum absolute atomic E-state index is 11.1. The Hall–Kier alpha value is -1.06. The molecule has 1 unspecified atom stereocenters. The average molecular weight is 341 g/mol. The summed E-state index contributed by atoms with van der Waals surface area (Å²) in [7, 11) is 0. The molecule has 0 aromatic heterocycles. The third kappa shape index (κ3) is 2.18. The number of hydrogen-bond donors (Lipinski definition) is 1. The summed E-state index contributed by atoms with van der Waals surface area (Å²) >= 11 is 0. The molecule has 4 fully saturated rings. The third-order valence-electron chi connectivity index (χ3n) is 8.13. The van der Waals surface area contributed by atoms with Crippen LogP contribution >= 0.6 is 0 Å². The van der Waals surface area contributed by atoms with Gasteiger partial charge in [-0.15, -0.1) is 0 Å². The lowest BCUT2D eigenvalue weighted by molar-refractivity contribution is -0.164. The van der Waals surface area contributed by atoms with Crippen molar-refractivity contribution in [2.75, 3.05) is 24.6 Å². The molecule has 3 heteroatoms. The van der Waals surface area contributed by atoms with Crippen LogP contribution < -0.4 is 4.90 Å². The van der Waals surface area contributed by atoms with Crippen LogP contribution in [0.5, 0.6) is 0 Å². The molecule has 25 heavy (non-hydrogen) atoms. The minimum Gasteiger partial charge on any atom is -0.392 e. The summed E-state index contributed by atoms with van der Waals surface area (Å²) in [5.74, 6) is 1.12. The van der Waals surface area contributed by atoms with Crippen molar-refractivity contribution in [3.63, 3.8) is 0 Å². The number of aliphatic hydroxyl groups excluding tert-OH is 1. The predicted octanol–water partition coefficient (Wildman–Crippen LogP) is 4.16. The first-order valence-corrected chi connectivity index (χ1v) is 10.2. The Morgan fingerprint density at radius 1 is 1.12 bits per heavy atom. The highest BCUT2D eigenvalue weighted by Crippen LogP contribution is 2.70. The molecule has 5 atom stereocenters. The summed E-state index contributed by atoms with van der Waals surface area (Å²) in [5.41, 5.74) is 2.81. The lowest BCUT2D eigenvalue weighted by Crippen LogP contribution is -2.51. The van der Waals surface area contributed by atoms with E-state index in [4.69, 9.17) is 4.74 Å². The predicted molar refractivity (Wildman–Crippen MR) is 99.6 cm³/mol. The first-order valence-electron chi connectivity index (χ1n) is 10.2. The van der Waals surface area contributed by atoms with E-state index >= 15 is 0 Å². The van der Waals surface area contributed by atoms with Gasteiger partial charge in [-0.25, -0.2) is 0 Å². The number of fused-ring (bicyclic) bond motifs is 1. The number of hydrogen-bond acceptors (Lipinski definition) is 3. The van der Waals surface area contributed by atoms with Gasteiger partial charge in [-0.1, -0.05) is 26.0 Å². The van der Waals surface area contributed by atoms with Crippen molar-refractivity contribution in [1.82, 2.24) is 0 Å². The average Bonchev–Trinajstić information content (AvgIpc) is 3.32. The second kappa shape index (κ2) is 5.47. The van der Waals surface area contributed by atoms with Crippen molar-refractivity contribution in [1.29, 1.82) is 0 Å². The fraction of sp³-hybridized carbons (Fsp3) is 0.727. The van der Waals surface area contributed by atoms with Crippen molar-refractivity contribution in [2.45, 2.75) is 58.2 Å². The van der Waals surface area contributed by atoms with E-state index in [2.05, 4.69) is 43.0 Å². The Bertz CT molecular complexity index is 648. The molecule has 2 saturated heterocycles. The number of aliphatic hydroxyl groups is 1. The van der Waals surface area contributed by atoms with E-state index in [0.29, 0.717) is 11.8 Å². The van der Waals surface area contributed by atoms with Gasteiger partial charge in [0.15, 0.2) is 0 Å². The quantitative estimate of drug-likeness (QED) is 0.877. The van der Waals surface area contributed by atoms with E-state index in [0.717, 1.165) is 13.0 Å². The minimum absolute atomic E-state index is 0.0675. The van der Waals surface area contributed by atoms with Crippen LogP contribution in [0.4, 0.5) is 5.69 Å². The molecule has 1 spiro atoms. The van der Waals surface area contributed by atoms with Crippen LogP contribution in [0.25, 0.3) is 0 Å². The molecule has 0 radical (unpaired) electrons. The molecule has 2 aliphatic heterocycles. The van der Waals surface area contributed by atoms with Gasteiger partial charge < -0.3 is 14.7 Å². The SMILES string of the molecule is CC1(C)[C@@H]2C[C@@H]3[C@@H](c4ccc(N5CCCC5)cc4)OCCC3(C2)[C@@H]1O. The smallest absolute Gasteiger partial charge is 0.0859 e. The van der Waals surface area contributed by atoms with Crippen molar-refractivity contribution in [2.24, 2.45) is 22.7 Å². The van der Waals surface area contributed by atoms with Crippen LogP contribution in [0.2, 0.25) is 0 Å². The highest BCUT2D eigenvalue weighted by atomic mass is 16.5. The molecule has 2 heterocycles.